The molecule has 0 bridgehead atoms. The van der Waals surface area contributed by atoms with Crippen LogP contribution < -0.4 is 10.1 Å². The van der Waals surface area contributed by atoms with Gasteiger partial charge in [0.05, 0.1) is 0 Å². The lowest BCUT2D eigenvalue weighted by molar-refractivity contribution is -0.136. The molecule has 0 unspecified atom stereocenters. The van der Waals surface area contributed by atoms with Gasteiger partial charge in [0.15, 0.2) is 12.4 Å². The van der Waals surface area contributed by atoms with Gasteiger partial charge in [-0.1, -0.05) is 24.8 Å². The van der Waals surface area contributed by atoms with E-state index in [2.05, 4.69) is 11.9 Å². The van der Waals surface area contributed by atoms with Crippen molar-refractivity contribution in [2.24, 2.45) is 0 Å². The van der Waals surface area contributed by atoms with Crippen molar-refractivity contribution in [2.75, 3.05) is 18.5 Å². The topological polar surface area (TPSA) is 81.7 Å². The second-order valence-electron chi connectivity index (χ2n) is 5.79. The van der Waals surface area contributed by atoms with E-state index in [0.29, 0.717) is 23.6 Å². The van der Waals surface area contributed by atoms with Gasteiger partial charge in [-0.3, -0.25) is 9.59 Å². The molecule has 1 N–H and O–H groups in total. The minimum Gasteiger partial charge on any atom is -0.490 e. The standard InChI is InChI=1S/C22H21NO5/c1-3-14-27-20-11-4-17(5-12-20)6-13-22(26)28-15-21(25)18-7-9-19(10-8-18)23-16(2)24/h3-13H,1,14-15H2,2H3,(H,23,24)/b13-6+. The molecule has 2 aromatic carbocycles. The summed E-state index contributed by atoms with van der Waals surface area (Å²) >= 11 is 0. The highest BCUT2D eigenvalue weighted by atomic mass is 16.5. The summed E-state index contributed by atoms with van der Waals surface area (Å²) in [6.45, 7) is 5.04. The smallest absolute Gasteiger partial charge is 0.331 e. The molecule has 0 saturated heterocycles. The third-order valence-electron chi connectivity index (χ3n) is 3.53. The number of esters is 1. The van der Waals surface area contributed by atoms with Gasteiger partial charge < -0.3 is 14.8 Å². The van der Waals surface area contributed by atoms with Crippen molar-refractivity contribution in [3.05, 3.63) is 78.4 Å². The van der Waals surface area contributed by atoms with Crippen LogP contribution in [0.5, 0.6) is 5.75 Å². The zero-order chi connectivity index (χ0) is 20.4. The Hall–Kier alpha value is -3.67. The second kappa shape index (κ2) is 10.5. The van der Waals surface area contributed by atoms with Gasteiger partial charge in [0.2, 0.25) is 5.91 Å². The van der Waals surface area contributed by atoms with Crippen LogP contribution in [0.25, 0.3) is 6.08 Å². The number of ether oxygens (including phenoxy) is 2. The fraction of sp³-hybridized carbons (Fsp3) is 0.136. The van der Waals surface area contributed by atoms with E-state index in [4.69, 9.17) is 9.47 Å². The number of anilines is 1. The van der Waals surface area contributed by atoms with Crippen molar-refractivity contribution in [3.63, 3.8) is 0 Å². The maximum Gasteiger partial charge on any atom is 0.331 e. The number of benzene rings is 2. The van der Waals surface area contributed by atoms with Gasteiger partial charge in [-0.25, -0.2) is 4.79 Å². The number of Topliss-reactive ketones (excluding diaryl/α,β-unsaturated/α-hetero) is 1. The van der Waals surface area contributed by atoms with Crippen LogP contribution in [0.1, 0.15) is 22.8 Å². The van der Waals surface area contributed by atoms with E-state index in [1.807, 2.05) is 0 Å². The highest BCUT2D eigenvalue weighted by Crippen LogP contribution is 2.13. The van der Waals surface area contributed by atoms with Crippen molar-refractivity contribution in [3.8, 4) is 5.75 Å². The van der Waals surface area contributed by atoms with Crippen molar-refractivity contribution in [1.29, 1.82) is 0 Å². The lowest BCUT2D eigenvalue weighted by Crippen LogP contribution is -2.13. The Kier molecular flexibility index (Phi) is 7.72. The number of carbonyl (C=O) groups excluding carboxylic acids is 3. The summed E-state index contributed by atoms with van der Waals surface area (Å²) in [7, 11) is 0. The number of hydrogen-bond donors (Lipinski definition) is 1. The third kappa shape index (κ3) is 6.92. The summed E-state index contributed by atoms with van der Waals surface area (Å²) in [6.07, 6.45) is 4.50. The molecule has 0 spiro atoms. The molecule has 0 aliphatic rings. The number of carbonyl (C=O) groups is 3. The Bertz CT molecular complexity index is 867. The SMILES string of the molecule is C=CCOc1ccc(/C=C/C(=O)OCC(=O)c2ccc(NC(C)=O)cc2)cc1. The molecule has 28 heavy (non-hydrogen) atoms. The molecule has 0 aliphatic heterocycles. The molecule has 6 heteroatoms. The van der Waals surface area contributed by atoms with Crippen LogP contribution in [0, 0.1) is 0 Å². The van der Waals surface area contributed by atoms with Crippen LogP contribution in [-0.2, 0) is 14.3 Å². The lowest BCUT2D eigenvalue weighted by atomic mass is 10.1. The van der Waals surface area contributed by atoms with Crippen LogP contribution in [0.3, 0.4) is 0 Å². The summed E-state index contributed by atoms with van der Waals surface area (Å²) in [4.78, 5) is 34.8. The number of nitrogens with one attached hydrogen (secondary N) is 1. The normalized spacial score (nSPS) is 10.3. The molecule has 0 fully saturated rings. The van der Waals surface area contributed by atoms with Crippen molar-refractivity contribution < 1.29 is 23.9 Å². The number of amides is 1. The van der Waals surface area contributed by atoms with E-state index >= 15 is 0 Å². The largest absolute Gasteiger partial charge is 0.490 e. The number of ketones is 1. The Morgan fingerprint density at radius 1 is 1.04 bits per heavy atom. The van der Waals surface area contributed by atoms with Gasteiger partial charge in [0.1, 0.15) is 12.4 Å². The van der Waals surface area contributed by atoms with Crippen LogP contribution in [0.15, 0.2) is 67.3 Å². The molecular formula is C22H21NO5. The van der Waals surface area contributed by atoms with Crippen LogP contribution in [0.4, 0.5) is 5.69 Å². The molecule has 2 rings (SSSR count). The minimum absolute atomic E-state index is 0.196. The summed E-state index contributed by atoms with van der Waals surface area (Å²) in [5, 5.41) is 2.61. The maximum atomic E-state index is 12.1. The van der Waals surface area contributed by atoms with Crippen molar-refractivity contribution in [1.82, 2.24) is 0 Å². The molecule has 2 aromatic rings. The predicted octanol–water partition coefficient (Wildman–Crippen LogP) is 3.65. The quantitative estimate of drug-likeness (QED) is 0.311. The maximum absolute atomic E-state index is 12.1. The van der Waals surface area contributed by atoms with Crippen molar-refractivity contribution in [2.45, 2.75) is 6.92 Å². The minimum atomic E-state index is -0.616. The Morgan fingerprint density at radius 2 is 1.71 bits per heavy atom. The second-order valence-corrected chi connectivity index (χ2v) is 5.79. The first-order valence-corrected chi connectivity index (χ1v) is 8.57. The first-order chi connectivity index (χ1) is 13.5. The van der Waals surface area contributed by atoms with Gasteiger partial charge >= 0.3 is 5.97 Å². The Labute approximate surface area is 163 Å². The monoisotopic (exact) mass is 379 g/mol. The number of hydrogen-bond acceptors (Lipinski definition) is 5. The molecule has 0 aromatic heterocycles. The fourth-order valence-corrected chi connectivity index (χ4v) is 2.21. The molecule has 0 heterocycles. The van der Waals surface area contributed by atoms with Gasteiger partial charge in [-0.15, -0.1) is 0 Å². The molecule has 6 nitrogen and oxygen atoms in total. The summed E-state index contributed by atoms with van der Waals surface area (Å²) < 4.78 is 10.3. The van der Waals surface area contributed by atoms with E-state index in [9.17, 15) is 14.4 Å². The van der Waals surface area contributed by atoms with Crippen molar-refractivity contribution >= 4 is 29.4 Å². The van der Waals surface area contributed by atoms with E-state index in [-0.39, 0.29) is 18.3 Å². The first-order valence-electron chi connectivity index (χ1n) is 8.57. The molecule has 0 saturated carbocycles. The predicted molar refractivity (Wildman–Crippen MR) is 107 cm³/mol. The lowest BCUT2D eigenvalue weighted by Gasteiger charge is -2.05. The molecule has 1 amide bonds. The van der Waals surface area contributed by atoms with Crippen LogP contribution in [0.2, 0.25) is 0 Å². The molecular weight excluding hydrogens is 358 g/mol. The van der Waals surface area contributed by atoms with E-state index < -0.39 is 5.97 Å². The zero-order valence-electron chi connectivity index (χ0n) is 15.5. The first kappa shape index (κ1) is 20.6. The van der Waals surface area contributed by atoms with Crippen LogP contribution in [-0.4, -0.2) is 30.9 Å². The number of rotatable bonds is 9. The fourth-order valence-electron chi connectivity index (χ4n) is 2.21. The van der Waals surface area contributed by atoms with Gasteiger partial charge in [0.25, 0.3) is 0 Å². The Morgan fingerprint density at radius 3 is 2.32 bits per heavy atom. The summed E-state index contributed by atoms with van der Waals surface area (Å²) in [6, 6.07) is 13.5. The highest BCUT2D eigenvalue weighted by molar-refractivity contribution is 5.99. The van der Waals surface area contributed by atoms with Gasteiger partial charge in [0, 0.05) is 24.3 Å². The summed E-state index contributed by atoms with van der Waals surface area (Å²) in [5.41, 5.74) is 1.77. The average molecular weight is 379 g/mol. The molecule has 0 aliphatic carbocycles. The zero-order valence-corrected chi connectivity index (χ0v) is 15.5. The average Bonchev–Trinajstić information content (AvgIpc) is 2.69. The molecule has 0 atom stereocenters. The van der Waals surface area contributed by atoms with Crippen LogP contribution >= 0.6 is 0 Å². The van der Waals surface area contributed by atoms with Gasteiger partial charge in [-0.05, 0) is 48.0 Å². The van der Waals surface area contributed by atoms with E-state index in [1.54, 1.807) is 60.7 Å². The third-order valence-corrected chi connectivity index (χ3v) is 3.53. The van der Waals surface area contributed by atoms with E-state index in [0.717, 1.165) is 5.56 Å². The Balaban J connectivity index is 1.82. The molecule has 0 radical (unpaired) electrons. The summed E-state index contributed by atoms with van der Waals surface area (Å²) in [5.74, 6) is -0.441. The highest BCUT2D eigenvalue weighted by Gasteiger charge is 2.08. The van der Waals surface area contributed by atoms with E-state index in [1.165, 1.54) is 13.0 Å². The van der Waals surface area contributed by atoms with Gasteiger partial charge in [-0.2, -0.15) is 0 Å². The molecule has 144 valence electrons.